The summed E-state index contributed by atoms with van der Waals surface area (Å²) in [5, 5.41) is 2.52. The quantitative estimate of drug-likeness (QED) is 0.565. The maximum absolute atomic E-state index is 13.0. The molecule has 2 fully saturated rings. The second kappa shape index (κ2) is 9.72. The first-order valence-corrected chi connectivity index (χ1v) is 11.5. The third kappa shape index (κ3) is 5.91. The Balaban J connectivity index is 1.30. The van der Waals surface area contributed by atoms with Crippen LogP contribution < -0.4 is 10.2 Å². The van der Waals surface area contributed by atoms with Crippen molar-refractivity contribution in [3.63, 3.8) is 0 Å². The van der Waals surface area contributed by atoms with Crippen molar-refractivity contribution in [1.29, 1.82) is 0 Å². The van der Waals surface area contributed by atoms with E-state index in [0.717, 1.165) is 19.6 Å². The summed E-state index contributed by atoms with van der Waals surface area (Å²) in [5.41, 5.74) is -1.83. The van der Waals surface area contributed by atoms with Gasteiger partial charge >= 0.3 is 12.4 Å². The fraction of sp³-hybridized carbons (Fsp3) is 0.480. The third-order valence-electron chi connectivity index (χ3n) is 6.87. The van der Waals surface area contributed by atoms with Crippen molar-refractivity contribution in [3.8, 4) is 0 Å². The van der Waals surface area contributed by atoms with E-state index in [-0.39, 0.29) is 36.0 Å². The van der Waals surface area contributed by atoms with E-state index in [1.807, 2.05) is 18.2 Å². The van der Waals surface area contributed by atoms with Crippen LogP contribution in [0.1, 0.15) is 36.5 Å². The molecule has 4 rings (SSSR count). The largest absolute Gasteiger partial charge is 0.416 e. The summed E-state index contributed by atoms with van der Waals surface area (Å²) in [6.07, 6.45) is -8.58. The highest BCUT2D eigenvalue weighted by Gasteiger charge is 2.41. The lowest BCUT2D eigenvalue weighted by Crippen LogP contribution is -2.59. The lowest BCUT2D eigenvalue weighted by molar-refractivity contribution is -0.143. The molecule has 2 aromatic rings. The monoisotopic (exact) mass is 499 g/mol. The number of alkyl halides is 6. The second-order valence-corrected chi connectivity index (χ2v) is 9.32. The van der Waals surface area contributed by atoms with Gasteiger partial charge in [-0.05, 0) is 55.7 Å². The summed E-state index contributed by atoms with van der Waals surface area (Å²) in [4.78, 5) is 17.2. The van der Waals surface area contributed by atoms with Crippen LogP contribution in [0.3, 0.4) is 0 Å². The van der Waals surface area contributed by atoms with Crippen LogP contribution in [0.15, 0.2) is 48.5 Å². The molecule has 1 atom stereocenters. The Morgan fingerprint density at radius 3 is 2.09 bits per heavy atom. The van der Waals surface area contributed by atoms with Gasteiger partial charge in [-0.25, -0.2) is 0 Å². The van der Waals surface area contributed by atoms with Gasteiger partial charge in [0.2, 0.25) is 5.91 Å². The Morgan fingerprint density at radius 2 is 1.54 bits per heavy atom. The van der Waals surface area contributed by atoms with Gasteiger partial charge in [-0.15, -0.1) is 0 Å². The van der Waals surface area contributed by atoms with Crippen molar-refractivity contribution in [3.05, 3.63) is 65.2 Å². The molecule has 1 aliphatic heterocycles. The smallest absolute Gasteiger partial charge is 0.369 e. The predicted octanol–water partition coefficient (Wildman–Crippen LogP) is 5.33. The Morgan fingerprint density at radius 1 is 0.943 bits per heavy atom. The second-order valence-electron chi connectivity index (χ2n) is 9.32. The zero-order chi connectivity index (χ0) is 25.4. The number of rotatable bonds is 5. The van der Waals surface area contributed by atoms with Gasteiger partial charge in [0.15, 0.2) is 0 Å². The fourth-order valence-corrected chi connectivity index (χ4v) is 4.92. The maximum atomic E-state index is 13.0. The highest BCUT2D eigenvalue weighted by Crippen LogP contribution is 2.37. The van der Waals surface area contributed by atoms with Gasteiger partial charge in [-0.2, -0.15) is 26.3 Å². The number of halogens is 6. The molecule has 1 amide bonds. The minimum absolute atomic E-state index is 0.0839. The highest BCUT2D eigenvalue weighted by molar-refractivity contribution is 5.79. The maximum Gasteiger partial charge on any atom is 0.416 e. The Labute approximate surface area is 199 Å². The summed E-state index contributed by atoms with van der Waals surface area (Å²) in [5.74, 6) is -0.643. The van der Waals surface area contributed by atoms with Crippen LogP contribution in [-0.2, 0) is 23.7 Å². The molecule has 1 saturated heterocycles. The van der Waals surface area contributed by atoms with Crippen LogP contribution in [0.25, 0.3) is 0 Å². The van der Waals surface area contributed by atoms with Gasteiger partial charge in [0.25, 0.3) is 0 Å². The number of piperazine rings is 1. The molecule has 0 radical (unpaired) electrons. The Hall–Kier alpha value is -2.75. The zero-order valence-corrected chi connectivity index (χ0v) is 19.2. The van der Waals surface area contributed by atoms with Crippen molar-refractivity contribution < 1.29 is 31.1 Å². The molecule has 0 aromatic heterocycles. The minimum atomic E-state index is -4.91. The van der Waals surface area contributed by atoms with E-state index in [1.54, 1.807) is 0 Å². The number of carbonyl (C=O) groups is 1. The van der Waals surface area contributed by atoms with Crippen LogP contribution >= 0.6 is 0 Å². The summed E-state index contributed by atoms with van der Waals surface area (Å²) in [6.45, 7) is 4.36. The average Bonchev–Trinajstić information content (AvgIpc) is 2.77. The lowest BCUT2D eigenvalue weighted by atomic mass is 9.77. The van der Waals surface area contributed by atoms with Crippen LogP contribution in [0.2, 0.25) is 0 Å². The van der Waals surface area contributed by atoms with Gasteiger partial charge in [0.1, 0.15) is 0 Å². The standard InChI is InChI=1S/C25H27F6N3O/c1-16-15-33(21-5-3-2-4-6-21)7-8-34(16)22-11-18(12-22)23(35)32-14-17-9-19(24(26,27)28)13-20(10-17)25(29,30)31/h2-6,9-10,13,16,18,22H,7-8,11-12,14-15H2,1H3,(H,32,35). The first-order valence-electron chi connectivity index (χ1n) is 11.5. The Kier molecular flexibility index (Phi) is 7.04. The van der Waals surface area contributed by atoms with Crippen LogP contribution in [0.4, 0.5) is 32.0 Å². The average molecular weight is 499 g/mol. The van der Waals surface area contributed by atoms with E-state index >= 15 is 0 Å². The van der Waals surface area contributed by atoms with Gasteiger partial charge in [-0.3, -0.25) is 9.69 Å². The van der Waals surface area contributed by atoms with E-state index in [2.05, 4.69) is 34.2 Å². The molecule has 2 aliphatic rings. The molecule has 1 N–H and O–H groups in total. The highest BCUT2D eigenvalue weighted by atomic mass is 19.4. The van der Waals surface area contributed by atoms with Gasteiger partial charge in [0.05, 0.1) is 11.1 Å². The molecular weight excluding hydrogens is 472 g/mol. The van der Waals surface area contributed by atoms with E-state index in [1.165, 1.54) is 5.69 Å². The first kappa shape index (κ1) is 25.3. The topological polar surface area (TPSA) is 35.6 Å². The molecule has 2 aromatic carbocycles. The van der Waals surface area contributed by atoms with Gasteiger partial charge in [0, 0.05) is 49.9 Å². The number of amides is 1. The number of hydrogen-bond donors (Lipinski definition) is 1. The fourth-order valence-electron chi connectivity index (χ4n) is 4.92. The van der Waals surface area contributed by atoms with Crippen molar-refractivity contribution >= 4 is 11.6 Å². The number of anilines is 1. The van der Waals surface area contributed by atoms with Crippen LogP contribution in [0, 0.1) is 5.92 Å². The number of carbonyl (C=O) groups excluding carboxylic acids is 1. The molecule has 35 heavy (non-hydrogen) atoms. The first-order chi connectivity index (χ1) is 16.4. The predicted molar refractivity (Wildman–Crippen MR) is 120 cm³/mol. The van der Waals surface area contributed by atoms with Crippen molar-refractivity contribution in [1.82, 2.24) is 10.2 Å². The molecule has 4 nitrogen and oxygen atoms in total. The summed E-state index contributed by atoms with van der Waals surface area (Å²) in [7, 11) is 0. The number of hydrogen-bond acceptors (Lipinski definition) is 3. The molecule has 0 bridgehead atoms. The van der Waals surface area contributed by atoms with Crippen LogP contribution in [0.5, 0.6) is 0 Å². The van der Waals surface area contributed by atoms with Gasteiger partial charge < -0.3 is 10.2 Å². The molecule has 1 aliphatic carbocycles. The molecule has 1 saturated carbocycles. The number of nitrogens with zero attached hydrogens (tertiary/aromatic N) is 2. The zero-order valence-electron chi connectivity index (χ0n) is 19.2. The lowest BCUT2D eigenvalue weighted by Gasteiger charge is -2.49. The van der Waals surface area contributed by atoms with Crippen molar-refractivity contribution in [2.75, 3.05) is 24.5 Å². The van der Waals surface area contributed by atoms with Crippen LogP contribution in [-0.4, -0.2) is 42.5 Å². The van der Waals surface area contributed by atoms with E-state index < -0.39 is 23.5 Å². The molecule has 190 valence electrons. The minimum Gasteiger partial charge on any atom is -0.369 e. The normalized spacial score (nSPS) is 23.6. The summed E-state index contributed by atoms with van der Waals surface area (Å²) < 4.78 is 78.2. The van der Waals surface area contributed by atoms with Crippen molar-refractivity contribution in [2.24, 2.45) is 5.92 Å². The molecule has 0 spiro atoms. The van der Waals surface area contributed by atoms with E-state index in [4.69, 9.17) is 0 Å². The third-order valence-corrected chi connectivity index (χ3v) is 6.87. The molecular formula is C25H27F6N3O. The number of para-hydroxylation sites is 1. The molecule has 1 unspecified atom stereocenters. The van der Waals surface area contributed by atoms with E-state index in [0.29, 0.717) is 31.0 Å². The van der Waals surface area contributed by atoms with E-state index in [9.17, 15) is 31.1 Å². The number of nitrogens with one attached hydrogen (secondary N) is 1. The Bertz CT molecular complexity index is 1000. The number of benzene rings is 2. The summed E-state index contributed by atoms with van der Waals surface area (Å²) >= 11 is 0. The SMILES string of the molecule is CC1CN(c2ccccc2)CCN1C1CC(C(=O)NCc2cc(C(F)(F)F)cc(C(F)(F)F)c2)C1. The van der Waals surface area contributed by atoms with Crippen molar-refractivity contribution in [2.45, 2.75) is 50.7 Å². The summed E-state index contributed by atoms with van der Waals surface area (Å²) in [6, 6.07) is 12.1. The molecule has 10 heteroatoms. The van der Waals surface area contributed by atoms with Gasteiger partial charge in [-0.1, -0.05) is 18.2 Å². The molecule has 1 heterocycles.